The zero-order valence-electron chi connectivity index (χ0n) is 13.3. The molecule has 3 nitrogen and oxygen atoms in total. The van der Waals surface area contributed by atoms with Crippen molar-refractivity contribution in [2.24, 2.45) is 5.92 Å². The molecule has 0 aliphatic heterocycles. The van der Waals surface area contributed by atoms with E-state index in [0.29, 0.717) is 5.15 Å². The lowest BCUT2D eigenvalue weighted by Crippen LogP contribution is -2.01. The molecule has 1 heterocycles. The van der Waals surface area contributed by atoms with Crippen molar-refractivity contribution in [2.45, 2.75) is 46.0 Å². The summed E-state index contributed by atoms with van der Waals surface area (Å²) in [6.07, 6.45) is 16.8. The summed E-state index contributed by atoms with van der Waals surface area (Å²) in [5.41, 5.74) is 8.68. The molecule has 1 fully saturated rings. The highest BCUT2D eigenvalue weighted by Crippen LogP contribution is 2.31. The summed E-state index contributed by atoms with van der Waals surface area (Å²) in [6, 6.07) is 0. The van der Waals surface area contributed by atoms with Crippen LogP contribution in [0.4, 0.5) is 5.95 Å². The third kappa shape index (κ3) is 4.70. The van der Waals surface area contributed by atoms with Crippen molar-refractivity contribution in [3.8, 4) is 0 Å². The molecule has 0 radical (unpaired) electrons. The maximum Gasteiger partial charge on any atom is 0.221 e. The molecule has 4 heteroatoms. The Morgan fingerprint density at radius 1 is 1.27 bits per heavy atom. The lowest BCUT2D eigenvalue weighted by atomic mass is 9.96. The highest BCUT2D eigenvalue weighted by molar-refractivity contribution is 6.30. The predicted octanol–water partition coefficient (Wildman–Crippen LogP) is 5.12. The lowest BCUT2D eigenvalue weighted by molar-refractivity contribution is 0.550. The monoisotopic (exact) mass is 317 g/mol. The van der Waals surface area contributed by atoms with E-state index in [1.807, 2.05) is 26.0 Å². The van der Waals surface area contributed by atoms with Crippen molar-refractivity contribution in [3.05, 3.63) is 46.3 Å². The van der Waals surface area contributed by atoms with Crippen molar-refractivity contribution in [1.82, 2.24) is 9.97 Å². The maximum absolute atomic E-state index is 6.11. The molecule has 1 aromatic heterocycles. The number of anilines is 1. The molecule has 0 unspecified atom stereocenters. The Labute approximate surface area is 138 Å². The standard InChI is InChI=1S/C18H24ClN3/c1-3-4-5-10-15(11-14-8-6-7-9-14)12-16-13(2)17(19)22-18(20)21-16/h3-5,10,12,14H,6-9,11H2,1-2H3,(H2,20,21,22)/b4-3+,10-5-,15-12-. The topological polar surface area (TPSA) is 51.8 Å². The van der Waals surface area contributed by atoms with Crippen molar-refractivity contribution in [1.29, 1.82) is 0 Å². The van der Waals surface area contributed by atoms with Gasteiger partial charge in [-0.1, -0.05) is 61.6 Å². The van der Waals surface area contributed by atoms with Crippen LogP contribution in [-0.4, -0.2) is 9.97 Å². The third-order valence-electron chi connectivity index (χ3n) is 4.08. The van der Waals surface area contributed by atoms with Gasteiger partial charge in [-0.05, 0) is 37.8 Å². The number of nitrogen functional groups attached to an aromatic ring is 1. The van der Waals surface area contributed by atoms with Gasteiger partial charge in [0.1, 0.15) is 5.15 Å². The van der Waals surface area contributed by atoms with E-state index in [1.165, 1.54) is 31.3 Å². The number of aromatic nitrogens is 2. The number of nitrogens with zero attached hydrogens (tertiary/aromatic N) is 2. The largest absolute Gasteiger partial charge is 0.368 e. The summed E-state index contributed by atoms with van der Waals surface area (Å²) < 4.78 is 0. The molecular formula is C18H24ClN3. The van der Waals surface area contributed by atoms with Gasteiger partial charge in [0.05, 0.1) is 5.69 Å². The minimum Gasteiger partial charge on any atom is -0.368 e. The zero-order chi connectivity index (χ0) is 15.9. The number of halogens is 1. The smallest absolute Gasteiger partial charge is 0.221 e. The lowest BCUT2D eigenvalue weighted by Gasteiger charge is -2.11. The first-order valence-corrected chi connectivity index (χ1v) is 8.27. The number of hydrogen-bond acceptors (Lipinski definition) is 3. The minimum atomic E-state index is 0.222. The zero-order valence-corrected chi connectivity index (χ0v) is 14.1. The average molecular weight is 318 g/mol. The van der Waals surface area contributed by atoms with Gasteiger partial charge in [-0.15, -0.1) is 0 Å². The van der Waals surface area contributed by atoms with E-state index in [9.17, 15) is 0 Å². The maximum atomic E-state index is 6.11. The van der Waals surface area contributed by atoms with Crippen LogP contribution in [-0.2, 0) is 0 Å². The normalized spacial score (nSPS) is 17.1. The van der Waals surface area contributed by atoms with Crippen LogP contribution in [0.1, 0.15) is 50.3 Å². The Kier molecular flexibility index (Phi) is 6.20. The van der Waals surface area contributed by atoms with Gasteiger partial charge in [0, 0.05) is 5.56 Å². The quantitative estimate of drug-likeness (QED) is 0.606. The van der Waals surface area contributed by atoms with E-state index < -0.39 is 0 Å². The molecule has 118 valence electrons. The van der Waals surface area contributed by atoms with E-state index in [-0.39, 0.29) is 5.95 Å². The second-order valence-corrected chi connectivity index (χ2v) is 6.20. The fourth-order valence-electron chi connectivity index (χ4n) is 2.85. The Morgan fingerprint density at radius 2 is 2.00 bits per heavy atom. The second-order valence-electron chi connectivity index (χ2n) is 5.84. The Balaban J connectivity index is 2.29. The first-order chi connectivity index (χ1) is 10.6. The van der Waals surface area contributed by atoms with Crippen molar-refractivity contribution >= 4 is 23.6 Å². The molecular weight excluding hydrogens is 294 g/mol. The van der Waals surface area contributed by atoms with E-state index in [4.69, 9.17) is 17.3 Å². The summed E-state index contributed by atoms with van der Waals surface area (Å²) in [5.74, 6) is 0.996. The number of nitrogens with two attached hydrogens (primary N) is 1. The van der Waals surface area contributed by atoms with E-state index in [0.717, 1.165) is 23.6 Å². The average Bonchev–Trinajstić information content (AvgIpc) is 2.97. The molecule has 0 bridgehead atoms. The van der Waals surface area contributed by atoms with Gasteiger partial charge in [-0.25, -0.2) is 9.97 Å². The molecule has 0 amide bonds. The van der Waals surface area contributed by atoms with Crippen molar-refractivity contribution in [3.63, 3.8) is 0 Å². The first kappa shape index (κ1) is 16.8. The summed E-state index contributed by atoms with van der Waals surface area (Å²) in [7, 11) is 0. The predicted molar refractivity (Wildman–Crippen MR) is 94.7 cm³/mol. The minimum absolute atomic E-state index is 0.222. The molecule has 1 aliphatic rings. The number of hydrogen-bond donors (Lipinski definition) is 1. The SMILES string of the molecule is C/C=C/C=C\C(=C\c1nc(N)nc(Cl)c1C)CC1CCCC1. The van der Waals surface area contributed by atoms with Crippen LogP contribution in [0.3, 0.4) is 0 Å². The van der Waals surface area contributed by atoms with Gasteiger partial charge in [0.25, 0.3) is 0 Å². The van der Waals surface area contributed by atoms with Gasteiger partial charge in [0.15, 0.2) is 0 Å². The summed E-state index contributed by atoms with van der Waals surface area (Å²) in [4.78, 5) is 8.32. The van der Waals surface area contributed by atoms with Gasteiger partial charge in [-0.3, -0.25) is 0 Å². The number of rotatable bonds is 5. The molecule has 22 heavy (non-hydrogen) atoms. The second kappa shape index (κ2) is 8.14. The Bertz CT molecular complexity index is 597. The Hall–Kier alpha value is -1.61. The van der Waals surface area contributed by atoms with E-state index in [2.05, 4.69) is 28.2 Å². The van der Waals surface area contributed by atoms with Crippen LogP contribution in [0.2, 0.25) is 5.15 Å². The fourth-order valence-corrected chi connectivity index (χ4v) is 3.04. The van der Waals surface area contributed by atoms with Gasteiger partial charge < -0.3 is 5.73 Å². The van der Waals surface area contributed by atoms with Gasteiger partial charge in [0.2, 0.25) is 5.95 Å². The van der Waals surface area contributed by atoms with E-state index >= 15 is 0 Å². The molecule has 0 atom stereocenters. The molecule has 0 saturated heterocycles. The Morgan fingerprint density at radius 3 is 2.68 bits per heavy atom. The highest BCUT2D eigenvalue weighted by atomic mass is 35.5. The summed E-state index contributed by atoms with van der Waals surface area (Å²) in [6.45, 7) is 3.94. The molecule has 0 spiro atoms. The van der Waals surface area contributed by atoms with Crippen LogP contribution < -0.4 is 5.73 Å². The van der Waals surface area contributed by atoms with Crippen LogP contribution in [0.5, 0.6) is 0 Å². The van der Waals surface area contributed by atoms with Gasteiger partial charge >= 0.3 is 0 Å². The molecule has 1 saturated carbocycles. The van der Waals surface area contributed by atoms with Crippen molar-refractivity contribution in [2.75, 3.05) is 5.73 Å². The molecule has 1 aromatic rings. The van der Waals surface area contributed by atoms with E-state index in [1.54, 1.807) is 0 Å². The van der Waals surface area contributed by atoms with Crippen LogP contribution in [0.25, 0.3) is 6.08 Å². The molecule has 2 rings (SSSR count). The fraction of sp³-hybridized carbons (Fsp3) is 0.444. The van der Waals surface area contributed by atoms with Crippen LogP contribution in [0, 0.1) is 12.8 Å². The van der Waals surface area contributed by atoms with Crippen LogP contribution in [0.15, 0.2) is 29.9 Å². The first-order valence-electron chi connectivity index (χ1n) is 7.89. The third-order valence-corrected chi connectivity index (χ3v) is 4.44. The van der Waals surface area contributed by atoms with Crippen LogP contribution >= 0.6 is 11.6 Å². The summed E-state index contributed by atoms with van der Waals surface area (Å²) >= 11 is 6.11. The van der Waals surface area contributed by atoms with Crippen molar-refractivity contribution < 1.29 is 0 Å². The summed E-state index contributed by atoms with van der Waals surface area (Å²) in [5, 5.41) is 0.427. The molecule has 2 N–H and O–H groups in total. The van der Waals surface area contributed by atoms with Gasteiger partial charge in [-0.2, -0.15) is 0 Å². The molecule has 0 aromatic carbocycles. The molecule has 1 aliphatic carbocycles. The number of allylic oxidation sites excluding steroid dienone is 5. The highest BCUT2D eigenvalue weighted by Gasteiger charge is 2.16.